The Bertz CT molecular complexity index is 1410. The molecule has 0 aliphatic heterocycles. The number of halogens is 12. The molecule has 0 radical (unpaired) electrons. The average molecular weight is 679 g/mol. The fourth-order valence-electron chi connectivity index (χ4n) is 3.67. The van der Waals surface area contributed by atoms with Crippen LogP contribution in [0.15, 0.2) is 36.4 Å². The van der Waals surface area contributed by atoms with Gasteiger partial charge in [0.15, 0.2) is 9.84 Å². The number of benzene rings is 2. The van der Waals surface area contributed by atoms with Gasteiger partial charge in [0.2, 0.25) is 0 Å². The maximum atomic E-state index is 15.0. The van der Waals surface area contributed by atoms with Crippen LogP contribution in [0, 0.1) is 0 Å². The number of carbonyl (C=O) groups excluding carboxylic acids is 1. The Morgan fingerprint density at radius 1 is 0.976 bits per heavy atom. The molecular formula is C24H19Cl3F9NO3S. The molecule has 0 saturated heterocycles. The summed E-state index contributed by atoms with van der Waals surface area (Å²) < 4.78 is 147. The smallest absolute Gasteiger partial charge is 0.349 e. The number of sulfone groups is 1. The predicted molar refractivity (Wildman–Crippen MR) is 137 cm³/mol. The van der Waals surface area contributed by atoms with E-state index in [2.05, 4.69) is 0 Å². The van der Waals surface area contributed by atoms with Crippen LogP contribution in [0.1, 0.15) is 46.8 Å². The molecule has 2 aromatic rings. The Balaban J connectivity index is 2.46. The van der Waals surface area contributed by atoms with E-state index in [9.17, 15) is 52.7 Å². The molecular weight excluding hydrogens is 660 g/mol. The summed E-state index contributed by atoms with van der Waals surface area (Å²) in [5, 5.41) is 0.873. The third-order valence-corrected chi connectivity index (χ3v) is 8.38. The van der Waals surface area contributed by atoms with E-state index in [1.54, 1.807) is 0 Å². The molecule has 2 rings (SSSR count). The van der Waals surface area contributed by atoms with Crippen molar-refractivity contribution in [1.82, 2.24) is 5.32 Å². The second kappa shape index (κ2) is 12.6. The lowest BCUT2D eigenvalue weighted by molar-refractivity contribution is -0.140. The molecule has 0 aliphatic rings. The number of rotatable bonds is 9. The second-order valence-corrected chi connectivity index (χ2v) is 12.4. The van der Waals surface area contributed by atoms with Gasteiger partial charge < -0.3 is 5.32 Å². The summed E-state index contributed by atoms with van der Waals surface area (Å²) in [5.41, 5.74) is -4.52. The van der Waals surface area contributed by atoms with Crippen LogP contribution in [0.3, 0.4) is 0 Å². The molecule has 0 heterocycles. The molecule has 2 atom stereocenters. The van der Waals surface area contributed by atoms with Crippen LogP contribution in [0.5, 0.6) is 0 Å². The number of hydrogen-bond acceptors (Lipinski definition) is 3. The third kappa shape index (κ3) is 9.97. The van der Waals surface area contributed by atoms with Gasteiger partial charge >= 0.3 is 12.4 Å². The van der Waals surface area contributed by atoms with E-state index in [0.717, 1.165) is 19.1 Å². The molecule has 0 aliphatic carbocycles. The van der Waals surface area contributed by atoms with E-state index in [-0.39, 0.29) is 17.2 Å². The fourth-order valence-corrected chi connectivity index (χ4v) is 6.02. The van der Waals surface area contributed by atoms with Crippen molar-refractivity contribution in [3.8, 4) is 0 Å². The molecule has 0 fully saturated rings. The van der Waals surface area contributed by atoms with Crippen LogP contribution in [0.2, 0.25) is 15.1 Å². The van der Waals surface area contributed by atoms with Crippen molar-refractivity contribution in [3.05, 3.63) is 73.7 Å². The summed E-state index contributed by atoms with van der Waals surface area (Å²) >= 11 is 17.2. The first-order chi connectivity index (χ1) is 18.4. The first-order valence-electron chi connectivity index (χ1n) is 11.1. The van der Waals surface area contributed by atoms with Gasteiger partial charge in [0.05, 0.1) is 31.9 Å². The van der Waals surface area contributed by atoms with Gasteiger partial charge in [-0.2, -0.15) is 26.3 Å². The Labute approximate surface area is 243 Å². The van der Waals surface area contributed by atoms with Crippen LogP contribution < -0.4 is 5.32 Å². The van der Waals surface area contributed by atoms with Gasteiger partial charge in [-0.15, -0.1) is 0 Å². The molecule has 17 heteroatoms. The third-order valence-electron chi connectivity index (χ3n) is 5.23. The first-order valence-corrected chi connectivity index (χ1v) is 14.1. The van der Waals surface area contributed by atoms with Gasteiger partial charge in [-0.3, -0.25) is 4.79 Å². The summed E-state index contributed by atoms with van der Waals surface area (Å²) in [4.78, 5) is 12.5. The zero-order valence-corrected chi connectivity index (χ0v) is 23.8. The van der Waals surface area contributed by atoms with E-state index in [1.165, 1.54) is 0 Å². The van der Waals surface area contributed by atoms with Crippen LogP contribution in [-0.4, -0.2) is 44.0 Å². The minimum absolute atomic E-state index is 0.0123. The molecule has 0 spiro atoms. The summed E-state index contributed by atoms with van der Waals surface area (Å²) in [6.45, 7) is 1.38. The summed E-state index contributed by atoms with van der Waals surface area (Å²) in [6.07, 6.45) is -10.5. The van der Waals surface area contributed by atoms with Gasteiger partial charge in [-0.1, -0.05) is 40.9 Å². The SMILES string of the molecule is CC(CS(=O)(=O)CC(C)(F)F)NC(=O)c1ccc(/C(F)=C/C(c2cc(Cl)c(Cl)c(Cl)c2)C(F)(F)F)cc1C(F)(F)F. The summed E-state index contributed by atoms with van der Waals surface area (Å²) in [6, 6.07) is 1.27. The largest absolute Gasteiger partial charge is 0.417 e. The average Bonchev–Trinajstić information content (AvgIpc) is 2.76. The number of alkyl halides is 8. The Hall–Kier alpha value is -2.16. The van der Waals surface area contributed by atoms with Gasteiger partial charge in [0.1, 0.15) is 17.5 Å². The van der Waals surface area contributed by atoms with E-state index in [0.29, 0.717) is 19.1 Å². The van der Waals surface area contributed by atoms with E-state index in [4.69, 9.17) is 34.8 Å². The number of hydrogen-bond donors (Lipinski definition) is 1. The van der Waals surface area contributed by atoms with Crippen LogP contribution >= 0.6 is 34.8 Å². The topological polar surface area (TPSA) is 63.2 Å². The minimum atomic E-state index is -5.32. The normalized spacial score (nSPS) is 15.0. The van der Waals surface area contributed by atoms with Gasteiger partial charge in [0.25, 0.3) is 11.8 Å². The lowest BCUT2D eigenvalue weighted by Crippen LogP contribution is -2.40. The predicted octanol–water partition coefficient (Wildman–Crippen LogP) is 8.51. The summed E-state index contributed by atoms with van der Waals surface area (Å²) in [7, 11) is -4.44. The lowest BCUT2D eigenvalue weighted by Gasteiger charge is -2.20. The molecule has 1 amide bonds. The highest BCUT2D eigenvalue weighted by Gasteiger charge is 2.41. The number of nitrogens with one attached hydrogen (secondary N) is 1. The second-order valence-electron chi connectivity index (χ2n) is 9.09. The maximum Gasteiger partial charge on any atom is 0.417 e. The molecule has 4 nitrogen and oxygen atoms in total. The minimum Gasteiger partial charge on any atom is -0.349 e. The van der Waals surface area contributed by atoms with Gasteiger partial charge in [0, 0.05) is 18.5 Å². The molecule has 2 aromatic carbocycles. The van der Waals surface area contributed by atoms with Crippen LogP contribution in [0.25, 0.3) is 5.83 Å². The zero-order chi connectivity index (χ0) is 31.7. The van der Waals surface area contributed by atoms with Gasteiger partial charge in [-0.25, -0.2) is 21.6 Å². The first kappa shape index (κ1) is 35.0. The van der Waals surface area contributed by atoms with Crippen molar-refractivity contribution < 1.29 is 52.7 Å². The molecule has 0 saturated carbocycles. The fraction of sp³-hybridized carbons (Fsp3) is 0.375. The van der Waals surface area contributed by atoms with Crippen molar-refractivity contribution in [2.45, 2.75) is 44.1 Å². The molecule has 1 N–H and O–H groups in total. The highest BCUT2D eigenvalue weighted by Crippen LogP contribution is 2.42. The lowest BCUT2D eigenvalue weighted by atomic mass is 9.95. The standard InChI is InChI=1S/C24H19Cl3F9NO3S/c1-11(9-41(39,40)10-22(2,29)30)37-21(38)14-4-3-12(5-16(14)24(34,35)36)19(28)8-15(23(31,32)33)13-6-17(25)20(27)18(26)7-13/h3-8,11,15H,9-10H2,1-2H3,(H,37,38)/b19-8-. The summed E-state index contributed by atoms with van der Waals surface area (Å²) in [5.74, 6) is -12.1. The highest BCUT2D eigenvalue weighted by atomic mass is 35.5. The van der Waals surface area contributed by atoms with Crippen molar-refractivity contribution in [1.29, 1.82) is 0 Å². The van der Waals surface area contributed by atoms with E-state index >= 15 is 0 Å². The van der Waals surface area contributed by atoms with E-state index < -0.39 is 95.6 Å². The number of carbonyl (C=O) groups is 1. The molecule has 228 valence electrons. The monoisotopic (exact) mass is 677 g/mol. The van der Waals surface area contributed by atoms with Gasteiger partial charge in [-0.05, 0) is 42.8 Å². The number of amides is 1. The Kier molecular flexibility index (Phi) is 10.8. The van der Waals surface area contributed by atoms with Crippen molar-refractivity contribution in [2.24, 2.45) is 0 Å². The Morgan fingerprint density at radius 2 is 1.51 bits per heavy atom. The zero-order valence-electron chi connectivity index (χ0n) is 20.7. The van der Waals surface area contributed by atoms with Crippen molar-refractivity contribution in [2.75, 3.05) is 11.5 Å². The van der Waals surface area contributed by atoms with E-state index in [1.807, 2.05) is 5.32 Å². The molecule has 0 bridgehead atoms. The van der Waals surface area contributed by atoms with Crippen molar-refractivity contribution >= 4 is 56.4 Å². The molecule has 2 unspecified atom stereocenters. The molecule has 41 heavy (non-hydrogen) atoms. The molecule has 0 aromatic heterocycles. The van der Waals surface area contributed by atoms with Crippen LogP contribution in [0.4, 0.5) is 39.5 Å². The Morgan fingerprint density at radius 3 is 1.98 bits per heavy atom. The van der Waals surface area contributed by atoms with Crippen molar-refractivity contribution in [3.63, 3.8) is 0 Å². The highest BCUT2D eigenvalue weighted by molar-refractivity contribution is 7.91. The maximum absolute atomic E-state index is 15.0. The quantitative estimate of drug-likeness (QED) is 0.214. The number of allylic oxidation sites excluding steroid dienone is 1. The van der Waals surface area contributed by atoms with Crippen LogP contribution in [-0.2, 0) is 16.0 Å².